The van der Waals surface area contributed by atoms with Crippen molar-refractivity contribution >= 4 is 34.9 Å². The van der Waals surface area contributed by atoms with Crippen LogP contribution in [0.25, 0.3) is 0 Å². The number of hydrogen-bond acceptors (Lipinski definition) is 6. The smallest absolute Gasteiger partial charge is 0.339 e. The Balaban J connectivity index is 0.000000240. The van der Waals surface area contributed by atoms with Crippen molar-refractivity contribution in [3.63, 3.8) is 0 Å². The molecule has 4 aromatic rings. The van der Waals surface area contributed by atoms with Crippen LogP contribution in [-0.4, -0.2) is 32.5 Å². The molecule has 0 saturated heterocycles. The number of terminal acetylenes is 1. The zero-order valence-electron chi connectivity index (χ0n) is 22.4. The molecule has 0 radical (unpaired) electrons. The zero-order valence-corrected chi connectivity index (χ0v) is 22.4. The maximum atomic E-state index is 13.3. The quantitative estimate of drug-likeness (QED) is 0.140. The maximum Gasteiger partial charge on any atom is 0.339 e. The van der Waals surface area contributed by atoms with E-state index in [0.717, 1.165) is 24.3 Å². The highest BCUT2D eigenvalue weighted by Gasteiger charge is 2.24. The molecule has 0 bridgehead atoms. The van der Waals surface area contributed by atoms with Gasteiger partial charge >= 0.3 is 5.97 Å². The van der Waals surface area contributed by atoms with Gasteiger partial charge in [0.05, 0.1) is 11.1 Å². The van der Waals surface area contributed by atoms with Gasteiger partial charge in [-0.2, -0.15) is 0 Å². The van der Waals surface area contributed by atoms with Gasteiger partial charge in [0.2, 0.25) is 0 Å². The number of rotatable bonds is 8. The Bertz CT molecular complexity index is 1640. The van der Waals surface area contributed by atoms with Gasteiger partial charge in [-0.1, -0.05) is 12.8 Å². The van der Waals surface area contributed by atoms with Gasteiger partial charge in [0.25, 0.3) is 5.91 Å². The van der Waals surface area contributed by atoms with E-state index in [1.165, 1.54) is 36.7 Å². The molecule has 0 spiro atoms. The van der Waals surface area contributed by atoms with Crippen molar-refractivity contribution in [1.29, 1.82) is 0 Å². The number of carbonyl (C=O) groups excluding carboxylic acids is 1. The highest BCUT2D eigenvalue weighted by molar-refractivity contribution is 6.00. The standard InChI is InChI=1S/C18H17F2N3O.C12H8F2N2O2/c1-4-18(3,5-2)23-17(24)13-7-6-10-21-16(13)22-12-8-9-14(19)15(20)11-12;13-9-4-3-7(6-10(9)14)16-11-8(12(17)18)2-1-5-15-11/h1,6-11H,5H2,2-3H3,(H,21,22)(H,23,24);1-6H,(H,15,16)(H,17,18). The van der Waals surface area contributed by atoms with E-state index in [1.54, 1.807) is 19.1 Å². The molecular weight excluding hydrogens is 554 g/mol. The number of nitrogens with zero attached hydrogens (tertiary/aromatic N) is 2. The van der Waals surface area contributed by atoms with Crippen molar-refractivity contribution in [2.24, 2.45) is 0 Å². The topological polar surface area (TPSA) is 116 Å². The molecule has 2 aromatic carbocycles. The second-order valence-corrected chi connectivity index (χ2v) is 8.90. The first-order chi connectivity index (χ1) is 20.0. The van der Waals surface area contributed by atoms with Crippen LogP contribution in [0.5, 0.6) is 0 Å². The fourth-order valence-electron chi connectivity index (χ4n) is 3.33. The van der Waals surface area contributed by atoms with Crippen LogP contribution in [0.2, 0.25) is 0 Å². The second-order valence-electron chi connectivity index (χ2n) is 8.90. The van der Waals surface area contributed by atoms with E-state index in [9.17, 15) is 27.2 Å². The van der Waals surface area contributed by atoms with E-state index in [-0.39, 0.29) is 34.1 Å². The first-order valence-electron chi connectivity index (χ1n) is 12.3. The SMILES string of the molecule is C#CC(C)(CC)NC(=O)c1cccnc1Nc1ccc(F)c(F)c1.O=C(O)c1cccnc1Nc1ccc(F)c(F)c1. The van der Waals surface area contributed by atoms with Crippen molar-refractivity contribution in [1.82, 2.24) is 15.3 Å². The molecule has 42 heavy (non-hydrogen) atoms. The normalized spacial score (nSPS) is 11.6. The molecule has 4 N–H and O–H groups in total. The van der Waals surface area contributed by atoms with E-state index in [0.29, 0.717) is 6.42 Å². The highest BCUT2D eigenvalue weighted by atomic mass is 19.2. The minimum Gasteiger partial charge on any atom is -0.478 e. The third kappa shape index (κ3) is 8.04. The fraction of sp³-hybridized carbons (Fsp3) is 0.133. The monoisotopic (exact) mass is 579 g/mol. The predicted octanol–water partition coefficient (Wildman–Crippen LogP) is 6.44. The summed E-state index contributed by atoms with van der Waals surface area (Å²) in [4.78, 5) is 31.3. The average Bonchev–Trinajstić information content (AvgIpc) is 2.97. The summed E-state index contributed by atoms with van der Waals surface area (Å²) in [6.07, 6.45) is 8.90. The Morgan fingerprint density at radius 3 is 1.74 bits per heavy atom. The molecule has 8 nitrogen and oxygen atoms in total. The zero-order chi connectivity index (χ0) is 30.9. The minimum absolute atomic E-state index is 0.0535. The van der Waals surface area contributed by atoms with Gasteiger partial charge in [-0.3, -0.25) is 4.79 Å². The van der Waals surface area contributed by atoms with Crippen molar-refractivity contribution in [3.8, 4) is 12.3 Å². The van der Waals surface area contributed by atoms with Crippen molar-refractivity contribution < 1.29 is 32.3 Å². The molecule has 0 aliphatic carbocycles. The predicted molar refractivity (Wildman–Crippen MR) is 150 cm³/mol. The van der Waals surface area contributed by atoms with E-state index in [4.69, 9.17) is 11.5 Å². The summed E-state index contributed by atoms with van der Waals surface area (Å²) in [6.45, 7) is 3.60. The van der Waals surface area contributed by atoms with Crippen molar-refractivity contribution in [2.75, 3.05) is 10.6 Å². The third-order valence-electron chi connectivity index (χ3n) is 5.87. The number of aromatic nitrogens is 2. The average molecular weight is 580 g/mol. The highest BCUT2D eigenvalue weighted by Crippen LogP contribution is 2.22. The van der Waals surface area contributed by atoms with Gasteiger partial charge in [0, 0.05) is 35.9 Å². The molecule has 1 unspecified atom stereocenters. The molecule has 4 rings (SSSR count). The molecule has 0 saturated carbocycles. The summed E-state index contributed by atoms with van der Waals surface area (Å²) in [7, 11) is 0. The third-order valence-corrected chi connectivity index (χ3v) is 5.87. The van der Waals surface area contributed by atoms with E-state index in [1.807, 2.05) is 6.92 Å². The van der Waals surface area contributed by atoms with Crippen molar-refractivity contribution in [2.45, 2.75) is 25.8 Å². The van der Waals surface area contributed by atoms with E-state index in [2.05, 4.69) is 31.8 Å². The number of hydrogen-bond donors (Lipinski definition) is 4. The Kier molecular flexibility index (Phi) is 10.2. The van der Waals surface area contributed by atoms with Crippen LogP contribution in [0, 0.1) is 35.6 Å². The fourth-order valence-corrected chi connectivity index (χ4v) is 3.33. The van der Waals surface area contributed by atoms with Crippen LogP contribution >= 0.6 is 0 Å². The number of halogens is 4. The van der Waals surface area contributed by atoms with Crippen LogP contribution in [0.4, 0.5) is 40.6 Å². The lowest BCUT2D eigenvalue weighted by molar-refractivity contribution is 0.0697. The van der Waals surface area contributed by atoms with Crippen LogP contribution in [0.1, 0.15) is 41.0 Å². The largest absolute Gasteiger partial charge is 0.478 e. The lowest BCUT2D eigenvalue weighted by Crippen LogP contribution is -2.44. The summed E-state index contributed by atoms with van der Waals surface area (Å²) < 4.78 is 52.0. The van der Waals surface area contributed by atoms with Gasteiger partial charge in [0.15, 0.2) is 23.3 Å². The van der Waals surface area contributed by atoms with Gasteiger partial charge < -0.3 is 21.1 Å². The van der Waals surface area contributed by atoms with Gasteiger partial charge in [-0.25, -0.2) is 32.3 Å². The lowest BCUT2D eigenvalue weighted by Gasteiger charge is -2.24. The number of anilines is 4. The Hall–Kier alpha value is -5.44. The molecule has 0 aliphatic rings. The molecule has 2 aromatic heterocycles. The minimum atomic E-state index is -1.16. The summed E-state index contributed by atoms with van der Waals surface area (Å²) >= 11 is 0. The van der Waals surface area contributed by atoms with Gasteiger partial charge in [-0.05, 0) is 61.9 Å². The molecule has 1 atom stereocenters. The Labute approximate surface area is 238 Å². The molecule has 1 amide bonds. The Morgan fingerprint density at radius 1 is 0.833 bits per heavy atom. The van der Waals surface area contributed by atoms with Crippen LogP contribution in [0.3, 0.4) is 0 Å². The number of carboxylic acid groups (broad SMARTS) is 1. The van der Waals surface area contributed by atoms with Gasteiger partial charge in [-0.15, -0.1) is 6.42 Å². The molecule has 216 valence electrons. The van der Waals surface area contributed by atoms with Crippen molar-refractivity contribution in [3.05, 3.63) is 107 Å². The second kappa shape index (κ2) is 13.8. The first kappa shape index (κ1) is 31.1. The first-order valence-corrected chi connectivity index (χ1v) is 12.3. The number of nitrogens with one attached hydrogen (secondary N) is 3. The molecule has 0 aliphatic heterocycles. The van der Waals surface area contributed by atoms with E-state index >= 15 is 0 Å². The number of benzene rings is 2. The molecule has 2 heterocycles. The number of carboxylic acids is 1. The maximum absolute atomic E-state index is 13.3. The number of pyridine rings is 2. The number of carbonyl (C=O) groups is 2. The number of amides is 1. The summed E-state index contributed by atoms with van der Waals surface area (Å²) in [5.74, 6) is -2.67. The Morgan fingerprint density at radius 2 is 1.31 bits per heavy atom. The van der Waals surface area contributed by atoms with Crippen LogP contribution < -0.4 is 16.0 Å². The van der Waals surface area contributed by atoms with Gasteiger partial charge in [0.1, 0.15) is 17.2 Å². The summed E-state index contributed by atoms with van der Waals surface area (Å²) in [5.41, 5.74) is -0.0991. The molecule has 12 heteroatoms. The summed E-state index contributed by atoms with van der Waals surface area (Å²) in [5, 5.41) is 17.1. The molecule has 0 fully saturated rings. The molecular formula is C30H25F4N5O3. The van der Waals surface area contributed by atoms with Crippen LogP contribution in [0.15, 0.2) is 73.1 Å². The number of aromatic carboxylic acids is 1. The van der Waals surface area contributed by atoms with Crippen LogP contribution in [-0.2, 0) is 0 Å². The lowest BCUT2D eigenvalue weighted by atomic mass is 9.99. The van der Waals surface area contributed by atoms with E-state index < -0.39 is 40.7 Å². The summed E-state index contributed by atoms with van der Waals surface area (Å²) in [6, 6.07) is 12.5.